The Hall–Kier alpha value is -2.16. The number of nitrogens with one attached hydrogen (secondary N) is 2. The number of likely N-dealkylation sites (tertiary alicyclic amines) is 1. The topological polar surface area (TPSA) is 142 Å². The van der Waals surface area contributed by atoms with Gasteiger partial charge in [0.2, 0.25) is 17.7 Å². The van der Waals surface area contributed by atoms with Gasteiger partial charge in [-0.2, -0.15) is 0 Å². The van der Waals surface area contributed by atoms with Crippen molar-refractivity contribution in [1.29, 1.82) is 0 Å². The fraction of sp³-hybridized carbons (Fsp3) is 0.800. The number of nitrogens with two attached hydrogens (primary N) is 1. The SMILES string of the molecule is CCC(C)C(NC(=O)C(CC(C)C)NC(=O)C1CCCN1C(=O)C(C)N)C(=O)O. The van der Waals surface area contributed by atoms with E-state index in [9.17, 15) is 24.3 Å². The third kappa shape index (κ3) is 6.99. The molecule has 3 amide bonds. The predicted molar refractivity (Wildman–Crippen MR) is 109 cm³/mol. The lowest BCUT2D eigenvalue weighted by molar-refractivity contribution is -0.144. The van der Waals surface area contributed by atoms with Gasteiger partial charge < -0.3 is 26.4 Å². The maximum absolute atomic E-state index is 12.8. The maximum Gasteiger partial charge on any atom is 0.326 e. The van der Waals surface area contributed by atoms with Gasteiger partial charge in [0.25, 0.3) is 0 Å². The Morgan fingerprint density at radius 3 is 2.24 bits per heavy atom. The first kappa shape index (κ1) is 24.9. The summed E-state index contributed by atoms with van der Waals surface area (Å²) in [6, 6.07) is -3.27. The molecule has 0 spiro atoms. The van der Waals surface area contributed by atoms with Crippen LogP contribution in [0.5, 0.6) is 0 Å². The zero-order chi connectivity index (χ0) is 22.3. The number of carboxylic acids is 1. The highest BCUT2D eigenvalue weighted by Crippen LogP contribution is 2.19. The van der Waals surface area contributed by atoms with Crippen LogP contribution >= 0.6 is 0 Å². The normalized spacial score (nSPS) is 20.7. The third-order valence-electron chi connectivity index (χ3n) is 5.34. The van der Waals surface area contributed by atoms with Crippen molar-refractivity contribution in [3.63, 3.8) is 0 Å². The molecule has 1 heterocycles. The average Bonchev–Trinajstić information content (AvgIpc) is 3.13. The highest BCUT2D eigenvalue weighted by molar-refractivity contribution is 5.94. The molecule has 166 valence electrons. The number of carboxylic acid groups (broad SMARTS) is 1. The lowest BCUT2D eigenvalue weighted by atomic mass is 9.97. The van der Waals surface area contributed by atoms with E-state index in [1.54, 1.807) is 13.8 Å². The highest BCUT2D eigenvalue weighted by Gasteiger charge is 2.37. The summed E-state index contributed by atoms with van der Waals surface area (Å²) >= 11 is 0. The number of amides is 3. The molecule has 9 heteroatoms. The van der Waals surface area contributed by atoms with Crippen LogP contribution in [0.25, 0.3) is 0 Å². The van der Waals surface area contributed by atoms with Gasteiger partial charge in [0.15, 0.2) is 0 Å². The molecule has 1 aliphatic rings. The van der Waals surface area contributed by atoms with Gasteiger partial charge in [-0.3, -0.25) is 14.4 Å². The molecule has 29 heavy (non-hydrogen) atoms. The van der Waals surface area contributed by atoms with E-state index in [1.165, 1.54) is 4.90 Å². The molecule has 5 atom stereocenters. The van der Waals surface area contributed by atoms with Crippen LogP contribution in [0.15, 0.2) is 0 Å². The predicted octanol–water partition coefficient (Wildman–Crippen LogP) is 0.471. The molecule has 1 fully saturated rings. The smallest absolute Gasteiger partial charge is 0.326 e. The van der Waals surface area contributed by atoms with E-state index in [0.29, 0.717) is 32.2 Å². The van der Waals surface area contributed by atoms with Crippen molar-refractivity contribution in [2.45, 2.75) is 84.5 Å². The van der Waals surface area contributed by atoms with Crippen LogP contribution < -0.4 is 16.4 Å². The standard InChI is InChI=1S/C20H36N4O5/c1-6-12(4)16(20(28)29)23-17(25)14(10-11(2)3)22-18(26)15-8-7-9-24(15)19(27)13(5)21/h11-16H,6-10,21H2,1-5H3,(H,22,26)(H,23,25)(H,28,29). The zero-order valence-corrected chi connectivity index (χ0v) is 18.1. The Bertz CT molecular complexity index is 608. The number of carbonyl (C=O) groups is 4. The lowest BCUT2D eigenvalue weighted by Gasteiger charge is -2.29. The molecule has 1 aliphatic heterocycles. The number of carbonyl (C=O) groups excluding carboxylic acids is 3. The van der Waals surface area contributed by atoms with E-state index in [0.717, 1.165) is 0 Å². The van der Waals surface area contributed by atoms with E-state index in [4.69, 9.17) is 5.73 Å². The summed E-state index contributed by atoms with van der Waals surface area (Å²) in [7, 11) is 0. The Morgan fingerprint density at radius 2 is 1.76 bits per heavy atom. The quantitative estimate of drug-likeness (QED) is 0.411. The first-order chi connectivity index (χ1) is 13.5. The third-order valence-corrected chi connectivity index (χ3v) is 5.34. The summed E-state index contributed by atoms with van der Waals surface area (Å²) in [4.78, 5) is 50.9. The second-order valence-corrected chi connectivity index (χ2v) is 8.38. The van der Waals surface area contributed by atoms with Crippen molar-refractivity contribution in [3.8, 4) is 0 Å². The van der Waals surface area contributed by atoms with Gasteiger partial charge in [-0.25, -0.2) is 4.79 Å². The molecule has 1 rings (SSSR count). The van der Waals surface area contributed by atoms with E-state index >= 15 is 0 Å². The molecule has 5 N–H and O–H groups in total. The zero-order valence-electron chi connectivity index (χ0n) is 18.1. The van der Waals surface area contributed by atoms with Crippen molar-refractivity contribution in [2.24, 2.45) is 17.6 Å². The van der Waals surface area contributed by atoms with Crippen molar-refractivity contribution in [1.82, 2.24) is 15.5 Å². The molecular formula is C20H36N4O5. The first-order valence-corrected chi connectivity index (χ1v) is 10.4. The fourth-order valence-corrected chi connectivity index (χ4v) is 3.47. The molecule has 1 saturated heterocycles. The molecule has 0 aromatic carbocycles. The minimum Gasteiger partial charge on any atom is -0.480 e. The minimum atomic E-state index is -1.10. The summed E-state index contributed by atoms with van der Waals surface area (Å²) in [6.45, 7) is 9.46. The van der Waals surface area contributed by atoms with Crippen LogP contribution in [-0.2, 0) is 19.2 Å². The summed E-state index contributed by atoms with van der Waals surface area (Å²) in [5.41, 5.74) is 5.68. The molecule has 9 nitrogen and oxygen atoms in total. The van der Waals surface area contributed by atoms with Crippen molar-refractivity contribution in [3.05, 3.63) is 0 Å². The summed E-state index contributed by atoms with van der Waals surface area (Å²) < 4.78 is 0. The van der Waals surface area contributed by atoms with Gasteiger partial charge in [0.1, 0.15) is 18.1 Å². The second kappa shape index (κ2) is 11.1. The number of hydrogen-bond donors (Lipinski definition) is 4. The van der Waals surface area contributed by atoms with Gasteiger partial charge >= 0.3 is 5.97 Å². The van der Waals surface area contributed by atoms with Crippen molar-refractivity contribution < 1.29 is 24.3 Å². The van der Waals surface area contributed by atoms with E-state index in [-0.39, 0.29) is 17.7 Å². The van der Waals surface area contributed by atoms with Crippen LogP contribution in [0, 0.1) is 11.8 Å². The van der Waals surface area contributed by atoms with Crippen LogP contribution in [-0.4, -0.2) is 64.4 Å². The Morgan fingerprint density at radius 1 is 1.14 bits per heavy atom. The highest BCUT2D eigenvalue weighted by atomic mass is 16.4. The van der Waals surface area contributed by atoms with Crippen LogP contribution in [0.4, 0.5) is 0 Å². The largest absolute Gasteiger partial charge is 0.480 e. The van der Waals surface area contributed by atoms with Gasteiger partial charge in [-0.1, -0.05) is 34.1 Å². The molecule has 0 bridgehead atoms. The Balaban J connectivity index is 2.92. The van der Waals surface area contributed by atoms with Gasteiger partial charge in [-0.05, 0) is 38.0 Å². The van der Waals surface area contributed by atoms with Crippen LogP contribution in [0.2, 0.25) is 0 Å². The van der Waals surface area contributed by atoms with Crippen molar-refractivity contribution >= 4 is 23.7 Å². The van der Waals surface area contributed by atoms with E-state index < -0.39 is 42.0 Å². The van der Waals surface area contributed by atoms with Crippen LogP contribution in [0.1, 0.15) is 60.3 Å². The number of aliphatic carboxylic acids is 1. The van der Waals surface area contributed by atoms with Gasteiger partial charge in [-0.15, -0.1) is 0 Å². The number of hydrogen-bond acceptors (Lipinski definition) is 5. The molecule has 0 aliphatic carbocycles. The average molecular weight is 413 g/mol. The lowest BCUT2D eigenvalue weighted by Crippen LogP contribution is -2.57. The van der Waals surface area contributed by atoms with E-state index in [1.807, 2.05) is 20.8 Å². The van der Waals surface area contributed by atoms with Gasteiger partial charge in [0, 0.05) is 6.54 Å². The Kier molecular flexibility index (Phi) is 9.55. The molecule has 5 unspecified atom stereocenters. The maximum atomic E-state index is 12.8. The second-order valence-electron chi connectivity index (χ2n) is 8.38. The van der Waals surface area contributed by atoms with Crippen LogP contribution in [0.3, 0.4) is 0 Å². The fourth-order valence-electron chi connectivity index (χ4n) is 3.47. The molecular weight excluding hydrogens is 376 g/mol. The molecule has 0 aromatic heterocycles. The summed E-state index contributed by atoms with van der Waals surface area (Å²) in [5, 5.41) is 14.7. The Labute approximate surface area is 172 Å². The minimum absolute atomic E-state index is 0.100. The molecule has 0 saturated carbocycles. The molecule has 0 radical (unpaired) electrons. The van der Waals surface area contributed by atoms with E-state index in [2.05, 4.69) is 10.6 Å². The summed E-state index contributed by atoms with van der Waals surface area (Å²) in [6.07, 6.45) is 2.14. The first-order valence-electron chi connectivity index (χ1n) is 10.4. The number of nitrogens with zero attached hydrogens (tertiary/aromatic N) is 1. The monoisotopic (exact) mass is 412 g/mol. The van der Waals surface area contributed by atoms with Gasteiger partial charge in [0.05, 0.1) is 6.04 Å². The number of rotatable bonds is 10. The summed E-state index contributed by atoms with van der Waals surface area (Å²) in [5.74, 6) is -2.48. The van der Waals surface area contributed by atoms with Crippen molar-refractivity contribution in [2.75, 3.05) is 6.54 Å². The molecule has 0 aromatic rings.